The van der Waals surface area contributed by atoms with E-state index in [0.29, 0.717) is 5.46 Å². The molecule has 1 aliphatic heterocycles. The Balaban J connectivity index is 2.60. The molecule has 10 heteroatoms. The highest BCUT2D eigenvalue weighted by molar-refractivity contribution is 6.65. The second-order valence-corrected chi connectivity index (χ2v) is 7.27. The molecule has 138 valence electrons. The topological polar surface area (TPSA) is 112 Å². The SMILES string of the molecule is COC(=O)[C@@H](C#N)c1cc(B2OC(C)(C)C(C)(C)O2)c(Cl)cc1[N+](=O)[O-]. The molecule has 8 nitrogen and oxygen atoms in total. The molecule has 0 unspecified atom stereocenters. The van der Waals surface area contributed by atoms with Gasteiger partial charge in [-0.1, -0.05) is 11.6 Å². The molecule has 1 heterocycles. The van der Waals surface area contributed by atoms with Crippen molar-refractivity contribution < 1.29 is 23.8 Å². The Morgan fingerprint density at radius 2 is 1.88 bits per heavy atom. The number of carbonyl (C=O) groups excluding carboxylic acids is 1. The van der Waals surface area contributed by atoms with Gasteiger partial charge < -0.3 is 14.0 Å². The Kier molecular flexibility index (Phi) is 5.33. The van der Waals surface area contributed by atoms with Crippen molar-refractivity contribution in [2.75, 3.05) is 7.11 Å². The highest BCUT2D eigenvalue weighted by atomic mass is 35.5. The van der Waals surface area contributed by atoms with Crippen LogP contribution in [-0.2, 0) is 18.8 Å². The zero-order valence-corrected chi connectivity index (χ0v) is 15.8. The van der Waals surface area contributed by atoms with Crippen molar-refractivity contribution in [3.63, 3.8) is 0 Å². The van der Waals surface area contributed by atoms with E-state index in [4.69, 9.17) is 20.9 Å². The number of nitriles is 1. The van der Waals surface area contributed by atoms with E-state index < -0.39 is 40.8 Å². The standard InChI is InChI=1S/C16H18BClN2O6/c1-15(2)16(3,4)26-17(25-15)11-6-9(10(8-19)14(21)24-5)13(20(22)23)7-12(11)18/h6-7,10H,1-5H3/t10-/m0/s1. The van der Waals surface area contributed by atoms with Crippen LogP contribution in [0.25, 0.3) is 0 Å². The van der Waals surface area contributed by atoms with Crippen LogP contribution in [-0.4, -0.2) is 36.3 Å². The number of hydrogen-bond donors (Lipinski definition) is 0. The molecule has 0 aliphatic carbocycles. The van der Waals surface area contributed by atoms with Gasteiger partial charge in [0.15, 0.2) is 5.92 Å². The molecular formula is C16H18BClN2O6. The fourth-order valence-corrected chi connectivity index (χ4v) is 2.75. The van der Waals surface area contributed by atoms with Crippen molar-refractivity contribution in [1.82, 2.24) is 0 Å². The molecular weight excluding hydrogens is 362 g/mol. The van der Waals surface area contributed by atoms with E-state index in [2.05, 4.69) is 4.74 Å². The summed E-state index contributed by atoms with van der Waals surface area (Å²) < 4.78 is 16.4. The minimum absolute atomic E-state index is 0.0421. The van der Waals surface area contributed by atoms with Crippen LogP contribution in [0.15, 0.2) is 12.1 Å². The fraction of sp³-hybridized carbons (Fsp3) is 0.500. The summed E-state index contributed by atoms with van der Waals surface area (Å²) in [5.74, 6) is -2.38. The van der Waals surface area contributed by atoms with Crippen LogP contribution in [0, 0.1) is 21.4 Å². The van der Waals surface area contributed by atoms with Gasteiger partial charge in [0.25, 0.3) is 5.69 Å². The zero-order valence-electron chi connectivity index (χ0n) is 15.0. The lowest BCUT2D eigenvalue weighted by Gasteiger charge is -2.32. The maximum absolute atomic E-state index is 11.9. The number of benzene rings is 1. The van der Waals surface area contributed by atoms with Crippen LogP contribution in [0.3, 0.4) is 0 Å². The normalized spacial score (nSPS) is 18.9. The molecule has 1 aromatic rings. The minimum atomic E-state index is -1.47. The van der Waals surface area contributed by atoms with Crippen molar-refractivity contribution in [2.45, 2.75) is 44.8 Å². The number of rotatable bonds is 4. The first-order valence-electron chi connectivity index (χ1n) is 7.76. The third-order valence-corrected chi connectivity index (χ3v) is 5.05. The summed E-state index contributed by atoms with van der Waals surface area (Å²) in [6, 6.07) is 4.12. The van der Waals surface area contributed by atoms with E-state index in [0.717, 1.165) is 13.2 Å². The van der Waals surface area contributed by atoms with Crippen molar-refractivity contribution in [3.05, 3.63) is 32.8 Å². The quantitative estimate of drug-likeness (QED) is 0.341. The van der Waals surface area contributed by atoms with Crippen molar-refractivity contribution >= 4 is 35.8 Å². The number of methoxy groups -OCH3 is 1. The number of nitro groups is 1. The number of carbonyl (C=O) groups is 1. The second kappa shape index (κ2) is 6.87. The number of ether oxygens (including phenoxy) is 1. The van der Waals surface area contributed by atoms with Crippen molar-refractivity contribution in [2.24, 2.45) is 0 Å². The summed E-state index contributed by atoms with van der Waals surface area (Å²) in [5.41, 5.74) is -1.58. The number of nitrogens with zero attached hydrogens (tertiary/aromatic N) is 2. The molecule has 1 aliphatic rings. The van der Waals surface area contributed by atoms with Gasteiger partial charge in [-0.15, -0.1) is 0 Å². The molecule has 0 radical (unpaired) electrons. The lowest BCUT2D eigenvalue weighted by Crippen LogP contribution is -2.41. The fourth-order valence-electron chi connectivity index (χ4n) is 2.50. The number of esters is 1. The molecule has 1 fully saturated rings. The monoisotopic (exact) mass is 380 g/mol. The van der Waals surface area contributed by atoms with E-state index in [9.17, 15) is 20.2 Å². The summed E-state index contributed by atoms with van der Waals surface area (Å²) >= 11 is 6.21. The van der Waals surface area contributed by atoms with E-state index in [1.807, 2.05) is 27.7 Å². The Labute approximate surface area is 156 Å². The highest BCUT2D eigenvalue weighted by Gasteiger charge is 2.52. The third kappa shape index (κ3) is 3.40. The van der Waals surface area contributed by atoms with Crippen LogP contribution in [0.4, 0.5) is 5.69 Å². The first kappa shape index (κ1) is 20.2. The Morgan fingerprint density at radius 3 is 2.31 bits per heavy atom. The Hall–Kier alpha value is -2.15. The van der Waals surface area contributed by atoms with E-state index in [1.54, 1.807) is 6.07 Å². The van der Waals surface area contributed by atoms with Gasteiger partial charge in [-0.05, 0) is 33.8 Å². The minimum Gasteiger partial charge on any atom is -0.468 e. The average Bonchev–Trinajstić information content (AvgIpc) is 2.76. The second-order valence-electron chi connectivity index (χ2n) is 6.86. The summed E-state index contributed by atoms with van der Waals surface area (Å²) in [5, 5.41) is 20.7. The van der Waals surface area contributed by atoms with E-state index in [-0.39, 0.29) is 10.6 Å². The molecule has 26 heavy (non-hydrogen) atoms. The molecule has 0 aromatic heterocycles. The molecule has 0 spiro atoms. The van der Waals surface area contributed by atoms with Gasteiger partial charge in [-0.3, -0.25) is 14.9 Å². The summed E-state index contributed by atoms with van der Waals surface area (Å²) in [6.07, 6.45) is 0. The highest BCUT2D eigenvalue weighted by Crippen LogP contribution is 2.38. The summed E-state index contributed by atoms with van der Waals surface area (Å²) in [7, 11) is 0.202. The number of halogens is 1. The number of nitro benzene ring substituents is 1. The zero-order chi connectivity index (χ0) is 19.9. The maximum atomic E-state index is 11.9. The van der Waals surface area contributed by atoms with Crippen LogP contribution in [0.5, 0.6) is 0 Å². The molecule has 1 atom stereocenters. The van der Waals surface area contributed by atoms with E-state index in [1.165, 1.54) is 6.07 Å². The van der Waals surface area contributed by atoms with Crippen LogP contribution in [0.1, 0.15) is 39.2 Å². The molecule has 0 amide bonds. The molecule has 0 saturated carbocycles. The molecule has 0 bridgehead atoms. The van der Waals surface area contributed by atoms with Crippen molar-refractivity contribution in [3.8, 4) is 6.07 Å². The van der Waals surface area contributed by atoms with Gasteiger partial charge in [0.05, 0.1) is 34.9 Å². The average molecular weight is 381 g/mol. The van der Waals surface area contributed by atoms with Crippen molar-refractivity contribution in [1.29, 1.82) is 5.26 Å². The predicted molar refractivity (Wildman–Crippen MR) is 94.2 cm³/mol. The van der Waals surface area contributed by atoms with Gasteiger partial charge in [-0.25, -0.2) is 0 Å². The summed E-state index contributed by atoms with van der Waals surface area (Å²) in [6.45, 7) is 7.39. The lowest BCUT2D eigenvalue weighted by atomic mass is 9.77. The van der Waals surface area contributed by atoms with E-state index >= 15 is 0 Å². The van der Waals surface area contributed by atoms with Gasteiger partial charge in [-0.2, -0.15) is 5.26 Å². The maximum Gasteiger partial charge on any atom is 0.496 e. The lowest BCUT2D eigenvalue weighted by molar-refractivity contribution is -0.385. The van der Waals surface area contributed by atoms with Gasteiger partial charge in [0.2, 0.25) is 0 Å². The molecule has 2 rings (SSSR count). The molecule has 0 N–H and O–H groups in total. The number of hydrogen-bond acceptors (Lipinski definition) is 7. The van der Waals surface area contributed by atoms with Gasteiger partial charge in [0.1, 0.15) is 0 Å². The van der Waals surface area contributed by atoms with Gasteiger partial charge in [0, 0.05) is 16.6 Å². The predicted octanol–water partition coefficient (Wildman–Crippen LogP) is 2.33. The van der Waals surface area contributed by atoms with Gasteiger partial charge >= 0.3 is 13.1 Å². The van der Waals surface area contributed by atoms with Crippen LogP contribution < -0.4 is 5.46 Å². The molecule has 1 saturated heterocycles. The summed E-state index contributed by atoms with van der Waals surface area (Å²) in [4.78, 5) is 22.5. The van der Waals surface area contributed by atoms with Crippen LogP contribution >= 0.6 is 11.6 Å². The largest absolute Gasteiger partial charge is 0.496 e. The first-order valence-corrected chi connectivity index (χ1v) is 8.13. The Morgan fingerprint density at radius 1 is 1.35 bits per heavy atom. The smallest absolute Gasteiger partial charge is 0.468 e. The Bertz CT molecular complexity index is 789. The first-order chi connectivity index (χ1) is 11.9. The van der Waals surface area contributed by atoms with Crippen LogP contribution in [0.2, 0.25) is 5.02 Å². The molecule has 1 aromatic carbocycles. The third-order valence-electron chi connectivity index (χ3n) is 4.73.